The van der Waals surface area contributed by atoms with E-state index in [0.717, 1.165) is 50.1 Å². The third-order valence-electron chi connectivity index (χ3n) is 8.51. The van der Waals surface area contributed by atoms with Crippen molar-refractivity contribution in [1.29, 1.82) is 0 Å². The fourth-order valence-electron chi connectivity index (χ4n) is 6.67. The van der Waals surface area contributed by atoms with E-state index < -0.39 is 5.92 Å². The standard InChI is InChI=1S/C34H38Cl2INO5/c1-33(2)14-24-30(26(39)16-33)29(31-25(38(24)9-10-41-5)15-34(3,4)17-27(31)40)20-11-23(37)32(28(12-20)42-6)43-18-19-7-8-21(35)13-22(19)36/h7-8,11-13,29H,9-10,14-18H2,1-6H3. The monoisotopic (exact) mass is 737 g/mol. The number of halogens is 3. The van der Waals surface area contributed by atoms with Crippen LogP contribution in [0.3, 0.4) is 0 Å². The van der Waals surface area contributed by atoms with Crippen LogP contribution in [0.25, 0.3) is 0 Å². The van der Waals surface area contributed by atoms with Crippen molar-refractivity contribution in [3.63, 3.8) is 0 Å². The smallest absolute Gasteiger partial charge is 0.174 e. The zero-order valence-electron chi connectivity index (χ0n) is 25.5. The van der Waals surface area contributed by atoms with Crippen LogP contribution in [-0.4, -0.2) is 43.8 Å². The van der Waals surface area contributed by atoms with Crippen LogP contribution in [-0.2, 0) is 20.9 Å². The first-order valence-electron chi connectivity index (χ1n) is 14.5. The largest absolute Gasteiger partial charge is 0.493 e. The molecule has 0 saturated carbocycles. The van der Waals surface area contributed by atoms with Gasteiger partial charge >= 0.3 is 0 Å². The first kappa shape index (κ1) is 32.3. The highest BCUT2D eigenvalue weighted by Crippen LogP contribution is 2.55. The number of carbonyl (C=O) groups is 2. The molecular formula is C34H38Cl2INO5. The number of Topliss-reactive ketones (excluding diaryl/α,β-unsaturated/α-hetero) is 2. The third kappa shape index (κ3) is 6.51. The van der Waals surface area contributed by atoms with Gasteiger partial charge in [-0.15, -0.1) is 0 Å². The molecule has 2 aliphatic carbocycles. The Morgan fingerprint density at radius 1 is 0.907 bits per heavy atom. The molecule has 43 heavy (non-hydrogen) atoms. The molecule has 5 rings (SSSR count). The fraction of sp³-hybridized carbons (Fsp3) is 0.471. The van der Waals surface area contributed by atoms with Crippen molar-refractivity contribution < 1.29 is 23.8 Å². The van der Waals surface area contributed by atoms with Crippen LogP contribution in [0, 0.1) is 14.4 Å². The maximum absolute atomic E-state index is 14.0. The summed E-state index contributed by atoms with van der Waals surface area (Å²) in [6, 6.07) is 9.24. The summed E-state index contributed by atoms with van der Waals surface area (Å²) < 4.78 is 18.4. The maximum atomic E-state index is 14.0. The van der Waals surface area contributed by atoms with Gasteiger partial charge in [0.15, 0.2) is 23.1 Å². The van der Waals surface area contributed by atoms with Crippen molar-refractivity contribution in [2.75, 3.05) is 27.4 Å². The van der Waals surface area contributed by atoms with E-state index in [2.05, 4.69) is 55.2 Å². The topological polar surface area (TPSA) is 65.1 Å². The van der Waals surface area contributed by atoms with Gasteiger partial charge < -0.3 is 19.1 Å². The van der Waals surface area contributed by atoms with E-state index in [0.29, 0.717) is 47.5 Å². The summed E-state index contributed by atoms with van der Waals surface area (Å²) in [5, 5.41) is 1.08. The Kier molecular flexibility index (Phi) is 9.30. The lowest BCUT2D eigenvalue weighted by Crippen LogP contribution is -2.45. The molecule has 9 heteroatoms. The summed E-state index contributed by atoms with van der Waals surface area (Å²) in [6.07, 6.45) is 2.36. The quantitative estimate of drug-likeness (QED) is 0.253. The molecule has 0 N–H and O–H groups in total. The second-order valence-electron chi connectivity index (χ2n) is 13.2. The predicted molar refractivity (Wildman–Crippen MR) is 178 cm³/mol. The SMILES string of the molecule is COCCN1C2=C(C(=O)CC(C)(C)C2)C(c2cc(I)c(OCc3ccc(Cl)cc3Cl)c(OC)c2)C2=C1CC(C)(C)CC2=O. The van der Waals surface area contributed by atoms with Crippen molar-refractivity contribution in [3.8, 4) is 11.5 Å². The molecule has 3 aliphatic rings. The number of benzene rings is 2. The number of nitrogens with zero attached hydrogens (tertiary/aromatic N) is 1. The summed E-state index contributed by atoms with van der Waals surface area (Å²) in [7, 11) is 3.28. The Morgan fingerprint density at radius 2 is 1.51 bits per heavy atom. The average Bonchev–Trinajstić information content (AvgIpc) is 2.90. The maximum Gasteiger partial charge on any atom is 0.174 e. The molecule has 1 heterocycles. The summed E-state index contributed by atoms with van der Waals surface area (Å²) in [4.78, 5) is 30.3. The van der Waals surface area contributed by atoms with Gasteiger partial charge in [-0.1, -0.05) is 57.0 Å². The first-order valence-corrected chi connectivity index (χ1v) is 16.3. The van der Waals surface area contributed by atoms with Crippen LogP contribution in [0.15, 0.2) is 52.9 Å². The number of allylic oxidation sites excluding steroid dienone is 4. The molecule has 0 bridgehead atoms. The van der Waals surface area contributed by atoms with Crippen LogP contribution in [0.2, 0.25) is 10.0 Å². The zero-order valence-corrected chi connectivity index (χ0v) is 29.2. The number of carbonyl (C=O) groups excluding carboxylic acids is 2. The van der Waals surface area contributed by atoms with Crippen molar-refractivity contribution in [2.45, 2.75) is 65.9 Å². The lowest BCUT2D eigenvalue weighted by Gasteiger charge is -2.49. The Hall–Kier alpha value is -2.07. The van der Waals surface area contributed by atoms with E-state index in [1.807, 2.05) is 18.2 Å². The Balaban J connectivity index is 1.65. The van der Waals surface area contributed by atoms with E-state index in [1.165, 1.54) is 0 Å². The minimum absolute atomic E-state index is 0.0922. The summed E-state index contributed by atoms with van der Waals surface area (Å²) in [5.41, 5.74) is 4.75. The van der Waals surface area contributed by atoms with Gasteiger partial charge in [0.2, 0.25) is 0 Å². The van der Waals surface area contributed by atoms with E-state index in [-0.39, 0.29) is 29.0 Å². The second-order valence-corrected chi connectivity index (χ2v) is 15.2. The molecule has 0 amide bonds. The molecular weight excluding hydrogens is 700 g/mol. The van der Waals surface area contributed by atoms with Crippen molar-refractivity contribution >= 4 is 57.4 Å². The minimum Gasteiger partial charge on any atom is -0.493 e. The van der Waals surface area contributed by atoms with Gasteiger partial charge in [-0.2, -0.15) is 0 Å². The molecule has 2 aromatic carbocycles. The lowest BCUT2D eigenvalue weighted by atomic mass is 9.63. The highest BCUT2D eigenvalue weighted by atomic mass is 127. The molecule has 230 valence electrons. The van der Waals surface area contributed by atoms with E-state index in [9.17, 15) is 9.59 Å². The van der Waals surface area contributed by atoms with Crippen LogP contribution >= 0.6 is 45.8 Å². The molecule has 1 aliphatic heterocycles. The van der Waals surface area contributed by atoms with Gasteiger partial charge in [0, 0.05) is 70.6 Å². The number of rotatable bonds is 8. The molecule has 0 saturated heterocycles. The first-order chi connectivity index (χ1) is 20.2. The number of methoxy groups -OCH3 is 2. The third-order valence-corrected chi connectivity index (χ3v) is 9.90. The molecule has 0 spiro atoms. The molecule has 2 aromatic rings. The van der Waals surface area contributed by atoms with Crippen molar-refractivity contribution in [3.05, 3.63) is 77.6 Å². The Labute approximate surface area is 277 Å². The highest BCUT2D eigenvalue weighted by molar-refractivity contribution is 14.1. The van der Waals surface area contributed by atoms with Crippen LogP contribution in [0.1, 0.15) is 70.4 Å². The highest BCUT2D eigenvalue weighted by Gasteiger charge is 2.49. The van der Waals surface area contributed by atoms with E-state index in [1.54, 1.807) is 26.4 Å². The number of hydrogen-bond donors (Lipinski definition) is 0. The van der Waals surface area contributed by atoms with Gasteiger partial charge in [0.25, 0.3) is 0 Å². The van der Waals surface area contributed by atoms with Gasteiger partial charge in [-0.3, -0.25) is 9.59 Å². The van der Waals surface area contributed by atoms with Crippen molar-refractivity contribution in [2.24, 2.45) is 10.8 Å². The number of hydrogen-bond acceptors (Lipinski definition) is 6. The molecule has 0 unspecified atom stereocenters. The fourth-order valence-corrected chi connectivity index (χ4v) is 7.91. The van der Waals surface area contributed by atoms with Gasteiger partial charge in [0.1, 0.15) is 6.61 Å². The summed E-state index contributed by atoms with van der Waals surface area (Å²) >= 11 is 14.7. The van der Waals surface area contributed by atoms with Gasteiger partial charge in [-0.05, 0) is 76.1 Å². The number of ether oxygens (including phenoxy) is 3. The Morgan fingerprint density at radius 3 is 2.05 bits per heavy atom. The van der Waals surface area contributed by atoms with Gasteiger partial charge in [0.05, 0.1) is 17.3 Å². The summed E-state index contributed by atoms with van der Waals surface area (Å²) in [6.45, 7) is 9.88. The minimum atomic E-state index is -0.474. The van der Waals surface area contributed by atoms with Crippen LogP contribution < -0.4 is 9.47 Å². The van der Waals surface area contributed by atoms with E-state index in [4.69, 9.17) is 37.4 Å². The molecule has 0 fully saturated rings. The lowest BCUT2D eigenvalue weighted by molar-refractivity contribution is -0.119. The average molecular weight is 738 g/mol. The molecule has 6 nitrogen and oxygen atoms in total. The Bertz CT molecular complexity index is 1490. The molecule has 0 atom stereocenters. The van der Waals surface area contributed by atoms with Crippen molar-refractivity contribution in [1.82, 2.24) is 4.90 Å². The zero-order chi connectivity index (χ0) is 31.3. The van der Waals surface area contributed by atoms with Crippen LogP contribution in [0.5, 0.6) is 11.5 Å². The second kappa shape index (κ2) is 12.4. The number of ketones is 2. The van der Waals surface area contributed by atoms with Gasteiger partial charge in [-0.25, -0.2) is 0 Å². The summed E-state index contributed by atoms with van der Waals surface area (Å²) in [5.74, 6) is 0.818. The predicted octanol–water partition coefficient (Wildman–Crippen LogP) is 8.52. The van der Waals surface area contributed by atoms with E-state index >= 15 is 0 Å². The van der Waals surface area contributed by atoms with Crippen LogP contribution in [0.4, 0.5) is 0 Å². The molecule has 0 aromatic heterocycles. The molecule has 0 radical (unpaired) electrons. The normalized spacial score (nSPS) is 19.9.